The van der Waals surface area contributed by atoms with Crippen molar-refractivity contribution in [1.82, 2.24) is 15.1 Å². The molecule has 156 valence electrons. The number of likely N-dealkylation sites (N-methyl/N-ethyl adjacent to an activating group) is 1. The summed E-state index contributed by atoms with van der Waals surface area (Å²) in [6, 6.07) is 19.6. The van der Waals surface area contributed by atoms with Gasteiger partial charge in [-0.3, -0.25) is 14.6 Å². The van der Waals surface area contributed by atoms with Crippen molar-refractivity contribution < 1.29 is 4.79 Å². The molecule has 0 aromatic heterocycles. The highest BCUT2D eigenvalue weighted by Crippen LogP contribution is 2.16. The maximum Gasteiger partial charge on any atom is 0.234 e. The molecule has 1 aliphatic rings. The molecule has 1 fully saturated rings. The van der Waals surface area contributed by atoms with Gasteiger partial charge in [0, 0.05) is 32.2 Å². The van der Waals surface area contributed by atoms with Gasteiger partial charge >= 0.3 is 0 Å². The number of nitrogens with zero attached hydrogens (tertiary/aromatic N) is 2. The van der Waals surface area contributed by atoms with Gasteiger partial charge in [0.05, 0.1) is 6.54 Å². The van der Waals surface area contributed by atoms with E-state index in [4.69, 9.17) is 0 Å². The fraction of sp³-hybridized carbons (Fsp3) is 0.480. The molecule has 0 bridgehead atoms. The smallest absolute Gasteiger partial charge is 0.234 e. The molecule has 0 aliphatic carbocycles. The molecule has 4 nitrogen and oxygen atoms in total. The van der Waals surface area contributed by atoms with Gasteiger partial charge in [-0.15, -0.1) is 0 Å². The molecular weight excluding hydrogens is 358 g/mol. The van der Waals surface area contributed by atoms with Gasteiger partial charge in [-0.1, -0.05) is 68.4 Å². The summed E-state index contributed by atoms with van der Waals surface area (Å²) < 4.78 is 0. The van der Waals surface area contributed by atoms with Crippen LogP contribution in [0, 0.1) is 0 Å². The van der Waals surface area contributed by atoms with Crippen molar-refractivity contribution in [1.29, 1.82) is 0 Å². The van der Waals surface area contributed by atoms with E-state index in [2.05, 4.69) is 83.6 Å². The van der Waals surface area contributed by atoms with Crippen molar-refractivity contribution in [2.45, 2.75) is 51.7 Å². The van der Waals surface area contributed by atoms with Crippen LogP contribution in [0.3, 0.4) is 0 Å². The first-order valence-electron chi connectivity index (χ1n) is 10.8. The standard InChI is InChI=1S/C25H35N3O/c1-20(2)23-11-9-22(10-12-23)17-27(3)19-25(29)26-24-13-15-28(16-14-24)18-21-7-5-4-6-8-21/h4-12,20,24H,13-19H2,1-3H3,(H,26,29). The van der Waals surface area contributed by atoms with Crippen molar-refractivity contribution in [3.63, 3.8) is 0 Å². The van der Waals surface area contributed by atoms with Crippen LogP contribution >= 0.6 is 0 Å². The lowest BCUT2D eigenvalue weighted by atomic mass is 10.0. The number of carbonyl (C=O) groups excluding carboxylic acids is 1. The molecule has 4 heteroatoms. The lowest BCUT2D eigenvalue weighted by molar-refractivity contribution is -0.123. The average molecular weight is 394 g/mol. The zero-order valence-electron chi connectivity index (χ0n) is 18.1. The number of piperidine rings is 1. The van der Waals surface area contributed by atoms with Crippen LogP contribution in [-0.4, -0.2) is 48.4 Å². The average Bonchev–Trinajstić information content (AvgIpc) is 2.70. The largest absolute Gasteiger partial charge is 0.352 e. The van der Waals surface area contributed by atoms with Gasteiger partial charge < -0.3 is 5.32 Å². The van der Waals surface area contributed by atoms with Gasteiger partial charge in [-0.25, -0.2) is 0 Å². The second kappa shape index (κ2) is 10.6. The fourth-order valence-corrected chi connectivity index (χ4v) is 3.97. The number of hydrogen-bond acceptors (Lipinski definition) is 3. The Kier molecular flexibility index (Phi) is 7.84. The summed E-state index contributed by atoms with van der Waals surface area (Å²) in [5, 5.41) is 3.24. The number of nitrogens with one attached hydrogen (secondary N) is 1. The van der Waals surface area contributed by atoms with E-state index in [1.54, 1.807) is 0 Å². The van der Waals surface area contributed by atoms with Gasteiger partial charge in [0.25, 0.3) is 0 Å². The molecular formula is C25H35N3O. The van der Waals surface area contributed by atoms with Gasteiger partial charge in [-0.2, -0.15) is 0 Å². The molecule has 0 spiro atoms. The van der Waals surface area contributed by atoms with Crippen molar-refractivity contribution in [3.05, 3.63) is 71.3 Å². The zero-order chi connectivity index (χ0) is 20.6. The van der Waals surface area contributed by atoms with E-state index in [1.807, 2.05) is 7.05 Å². The number of likely N-dealkylation sites (tertiary alicyclic amines) is 1. The van der Waals surface area contributed by atoms with Crippen molar-refractivity contribution in [2.24, 2.45) is 0 Å². The summed E-state index contributed by atoms with van der Waals surface area (Å²) in [6.45, 7) is 8.72. The maximum absolute atomic E-state index is 12.5. The summed E-state index contributed by atoms with van der Waals surface area (Å²) in [4.78, 5) is 17.0. The summed E-state index contributed by atoms with van der Waals surface area (Å²) >= 11 is 0. The molecule has 29 heavy (non-hydrogen) atoms. The van der Waals surface area contributed by atoms with Gasteiger partial charge in [-0.05, 0) is 42.5 Å². The topological polar surface area (TPSA) is 35.6 Å². The molecule has 1 aliphatic heterocycles. The molecule has 0 radical (unpaired) electrons. The monoisotopic (exact) mass is 393 g/mol. The predicted octanol–water partition coefficient (Wildman–Crippen LogP) is 4.02. The van der Waals surface area contributed by atoms with E-state index in [9.17, 15) is 4.79 Å². The second-order valence-corrected chi connectivity index (χ2v) is 8.67. The zero-order valence-corrected chi connectivity index (χ0v) is 18.1. The van der Waals surface area contributed by atoms with Gasteiger partial charge in [0.2, 0.25) is 5.91 Å². The van der Waals surface area contributed by atoms with Crippen molar-refractivity contribution in [2.75, 3.05) is 26.7 Å². The summed E-state index contributed by atoms with van der Waals surface area (Å²) in [6.07, 6.45) is 2.05. The molecule has 1 saturated heterocycles. The van der Waals surface area contributed by atoms with E-state index >= 15 is 0 Å². The van der Waals surface area contributed by atoms with Crippen LogP contribution in [-0.2, 0) is 17.9 Å². The van der Waals surface area contributed by atoms with E-state index in [0.29, 0.717) is 18.5 Å². The minimum Gasteiger partial charge on any atom is -0.352 e. The minimum atomic E-state index is 0.132. The highest BCUT2D eigenvalue weighted by atomic mass is 16.2. The van der Waals surface area contributed by atoms with Crippen LogP contribution < -0.4 is 5.32 Å². The molecule has 0 saturated carbocycles. The Hall–Kier alpha value is -2.17. The summed E-state index contributed by atoms with van der Waals surface area (Å²) in [5.74, 6) is 0.680. The Balaban J connectivity index is 1.37. The van der Waals surface area contributed by atoms with Crippen molar-refractivity contribution in [3.8, 4) is 0 Å². The Labute approximate surface area is 175 Å². The minimum absolute atomic E-state index is 0.132. The Morgan fingerprint density at radius 3 is 2.31 bits per heavy atom. The maximum atomic E-state index is 12.5. The number of benzene rings is 2. The van der Waals surface area contributed by atoms with Gasteiger partial charge in [0.1, 0.15) is 0 Å². The molecule has 0 unspecified atom stereocenters. The fourth-order valence-electron chi connectivity index (χ4n) is 3.97. The normalized spacial score (nSPS) is 15.8. The Morgan fingerprint density at radius 2 is 1.69 bits per heavy atom. The molecule has 0 atom stereocenters. The van der Waals surface area contributed by atoms with Crippen LogP contribution in [0.15, 0.2) is 54.6 Å². The first-order valence-corrected chi connectivity index (χ1v) is 10.8. The number of amides is 1. The second-order valence-electron chi connectivity index (χ2n) is 8.67. The van der Waals surface area contributed by atoms with Crippen LogP contribution in [0.25, 0.3) is 0 Å². The lowest BCUT2D eigenvalue weighted by Crippen LogP contribution is -2.46. The summed E-state index contributed by atoms with van der Waals surface area (Å²) in [7, 11) is 2.01. The molecule has 2 aromatic rings. The third-order valence-electron chi connectivity index (χ3n) is 5.71. The quantitative estimate of drug-likeness (QED) is 0.736. The van der Waals surface area contributed by atoms with E-state index in [0.717, 1.165) is 39.0 Å². The molecule has 1 heterocycles. The number of rotatable bonds is 8. The lowest BCUT2D eigenvalue weighted by Gasteiger charge is -2.32. The summed E-state index contributed by atoms with van der Waals surface area (Å²) in [5.41, 5.74) is 3.96. The first kappa shape index (κ1) is 21.5. The highest BCUT2D eigenvalue weighted by molar-refractivity contribution is 5.78. The van der Waals surface area contributed by atoms with Gasteiger partial charge in [0.15, 0.2) is 0 Å². The predicted molar refractivity (Wildman–Crippen MR) is 120 cm³/mol. The molecule has 2 aromatic carbocycles. The van der Waals surface area contributed by atoms with Crippen LogP contribution in [0.4, 0.5) is 0 Å². The van der Waals surface area contributed by atoms with Crippen LogP contribution in [0.5, 0.6) is 0 Å². The van der Waals surface area contributed by atoms with Crippen LogP contribution in [0.2, 0.25) is 0 Å². The number of hydrogen-bond donors (Lipinski definition) is 1. The number of carbonyl (C=O) groups is 1. The SMILES string of the molecule is CC(C)c1ccc(CN(C)CC(=O)NC2CCN(Cc3ccccc3)CC2)cc1. The molecule has 3 rings (SSSR count). The first-order chi connectivity index (χ1) is 14.0. The van der Waals surface area contributed by atoms with E-state index < -0.39 is 0 Å². The molecule has 1 N–H and O–H groups in total. The van der Waals surface area contributed by atoms with Crippen LogP contribution in [0.1, 0.15) is 49.3 Å². The van der Waals surface area contributed by atoms with E-state index in [-0.39, 0.29) is 5.91 Å². The third-order valence-corrected chi connectivity index (χ3v) is 5.71. The Bertz CT molecular complexity index is 749. The van der Waals surface area contributed by atoms with E-state index in [1.165, 1.54) is 16.7 Å². The van der Waals surface area contributed by atoms with Crippen molar-refractivity contribution >= 4 is 5.91 Å². The molecule has 1 amide bonds. The highest BCUT2D eigenvalue weighted by Gasteiger charge is 2.21. The Morgan fingerprint density at radius 1 is 1.03 bits per heavy atom. The third kappa shape index (κ3) is 6.98.